The molecule has 0 saturated carbocycles. The maximum absolute atomic E-state index is 12.9. The first-order chi connectivity index (χ1) is 16.1. The van der Waals surface area contributed by atoms with Gasteiger partial charge < -0.3 is 4.74 Å². The van der Waals surface area contributed by atoms with Crippen LogP contribution < -0.4 is 5.32 Å². The lowest BCUT2D eigenvalue weighted by Crippen LogP contribution is -2.67. The summed E-state index contributed by atoms with van der Waals surface area (Å²) < 4.78 is 4.46. The number of benzene rings is 3. The minimum atomic E-state index is -0.735. The fourth-order valence-corrected chi connectivity index (χ4v) is 3.96. The molecular formula is C27H24N2O4. The normalized spacial score (nSPS) is 15.2. The monoisotopic (exact) mass is 440 g/mol. The summed E-state index contributed by atoms with van der Waals surface area (Å²) in [6, 6.07) is 29.8. The van der Waals surface area contributed by atoms with Gasteiger partial charge in [0.25, 0.3) is 5.91 Å². The molecule has 1 heterocycles. The van der Waals surface area contributed by atoms with Crippen LogP contribution in [0.5, 0.6) is 0 Å². The molecule has 0 aliphatic carbocycles. The van der Waals surface area contributed by atoms with E-state index in [1.54, 1.807) is 0 Å². The van der Waals surface area contributed by atoms with Crippen LogP contribution in [-0.4, -0.2) is 43.2 Å². The minimum Gasteiger partial charge on any atom is -0.459 e. The van der Waals surface area contributed by atoms with Crippen LogP contribution in [0.1, 0.15) is 16.7 Å². The van der Waals surface area contributed by atoms with Crippen molar-refractivity contribution in [3.05, 3.63) is 108 Å². The number of hydrogen-bond donors (Lipinski definition) is 1. The maximum atomic E-state index is 12.9. The first kappa shape index (κ1) is 22.3. The Morgan fingerprint density at radius 2 is 1.42 bits per heavy atom. The Balaban J connectivity index is 1.63. The van der Waals surface area contributed by atoms with Gasteiger partial charge in [0.15, 0.2) is 0 Å². The topological polar surface area (TPSA) is 67.9 Å². The van der Waals surface area contributed by atoms with Crippen molar-refractivity contribution in [3.63, 3.8) is 0 Å². The molecule has 0 aromatic heterocycles. The summed E-state index contributed by atoms with van der Waals surface area (Å²) in [5.74, 6) is 3.97. The van der Waals surface area contributed by atoms with Gasteiger partial charge in [-0.25, -0.2) is 9.86 Å². The molecule has 1 saturated heterocycles. The summed E-state index contributed by atoms with van der Waals surface area (Å²) in [5.41, 5.74) is 2.34. The van der Waals surface area contributed by atoms with Gasteiger partial charge in [-0.15, -0.1) is 0 Å². The number of hydrogen-bond acceptors (Lipinski definition) is 5. The summed E-state index contributed by atoms with van der Waals surface area (Å²) >= 11 is 0. The zero-order chi connectivity index (χ0) is 23.1. The highest BCUT2D eigenvalue weighted by molar-refractivity contribution is 5.88. The number of amides is 1. The number of hydroxylamine groups is 2. The third kappa shape index (κ3) is 4.65. The molecule has 0 unspecified atom stereocenters. The Morgan fingerprint density at radius 3 is 1.85 bits per heavy atom. The zero-order valence-corrected chi connectivity index (χ0v) is 18.2. The molecule has 0 bridgehead atoms. The second-order valence-electron chi connectivity index (χ2n) is 7.51. The first-order valence-corrected chi connectivity index (χ1v) is 10.6. The fraction of sp³-hybridized carbons (Fsp3) is 0.185. The highest BCUT2D eigenvalue weighted by atomic mass is 16.7. The molecule has 1 aliphatic rings. The van der Waals surface area contributed by atoms with E-state index in [9.17, 15) is 9.59 Å². The lowest BCUT2D eigenvalue weighted by molar-refractivity contribution is -0.209. The number of carbonyl (C=O) groups excluding carboxylic acids is 2. The lowest BCUT2D eigenvalue weighted by Gasteiger charge is -2.45. The van der Waals surface area contributed by atoms with Crippen LogP contribution in [0.25, 0.3) is 0 Å². The summed E-state index contributed by atoms with van der Waals surface area (Å²) in [6.07, 6.45) is 0. The van der Waals surface area contributed by atoms with E-state index >= 15 is 0 Å². The molecule has 1 N–H and O–H groups in total. The van der Waals surface area contributed by atoms with Gasteiger partial charge in [-0.2, -0.15) is 0 Å². The smallest absolute Gasteiger partial charge is 0.384 e. The molecule has 1 amide bonds. The SMILES string of the molecule is COC(=O)C#CCON1C[C@H](NC(c2ccccc2)(c2ccccc2)c2ccccc2)C1=O. The van der Waals surface area contributed by atoms with Crippen molar-refractivity contribution in [2.24, 2.45) is 0 Å². The third-order valence-electron chi connectivity index (χ3n) is 5.57. The quantitative estimate of drug-likeness (QED) is 0.201. The molecule has 4 rings (SSSR count). The van der Waals surface area contributed by atoms with E-state index in [1.165, 1.54) is 12.2 Å². The molecular weight excluding hydrogens is 416 g/mol. The van der Waals surface area contributed by atoms with Gasteiger partial charge in [0, 0.05) is 5.92 Å². The second-order valence-corrected chi connectivity index (χ2v) is 7.51. The number of ether oxygens (including phenoxy) is 1. The molecule has 33 heavy (non-hydrogen) atoms. The molecule has 3 aromatic carbocycles. The summed E-state index contributed by atoms with van der Waals surface area (Å²) in [4.78, 5) is 29.4. The second kappa shape index (κ2) is 10.1. The molecule has 3 aromatic rings. The molecule has 6 nitrogen and oxygen atoms in total. The molecule has 0 spiro atoms. The average molecular weight is 440 g/mol. The van der Waals surface area contributed by atoms with Crippen LogP contribution >= 0.6 is 0 Å². The lowest BCUT2D eigenvalue weighted by atomic mass is 9.76. The number of esters is 1. The van der Waals surface area contributed by atoms with Gasteiger partial charge in [-0.05, 0) is 16.7 Å². The van der Waals surface area contributed by atoms with Crippen LogP contribution in [0.2, 0.25) is 0 Å². The van der Waals surface area contributed by atoms with Crippen LogP contribution in [0.15, 0.2) is 91.0 Å². The van der Waals surface area contributed by atoms with Crippen molar-refractivity contribution in [1.82, 2.24) is 10.4 Å². The Kier molecular flexibility index (Phi) is 6.84. The Hall–Kier alpha value is -3.92. The molecule has 1 fully saturated rings. The number of nitrogens with zero attached hydrogens (tertiary/aromatic N) is 1. The van der Waals surface area contributed by atoms with Crippen molar-refractivity contribution in [1.29, 1.82) is 0 Å². The van der Waals surface area contributed by atoms with Crippen LogP contribution in [0, 0.1) is 11.8 Å². The van der Waals surface area contributed by atoms with E-state index < -0.39 is 17.6 Å². The molecule has 0 radical (unpaired) electrons. The van der Waals surface area contributed by atoms with Crippen molar-refractivity contribution in [3.8, 4) is 11.8 Å². The van der Waals surface area contributed by atoms with Gasteiger partial charge in [-0.3, -0.25) is 14.9 Å². The number of β-lactam (4-membered cyclic amide) rings is 1. The van der Waals surface area contributed by atoms with Crippen LogP contribution in [0.3, 0.4) is 0 Å². The van der Waals surface area contributed by atoms with Crippen LogP contribution in [0.4, 0.5) is 0 Å². The van der Waals surface area contributed by atoms with Gasteiger partial charge in [0.2, 0.25) is 0 Å². The number of methoxy groups -OCH3 is 1. The summed E-state index contributed by atoms with van der Waals surface area (Å²) in [6.45, 7) is 0.280. The summed E-state index contributed by atoms with van der Waals surface area (Å²) in [7, 11) is 1.26. The van der Waals surface area contributed by atoms with E-state index in [2.05, 4.69) is 58.3 Å². The third-order valence-corrected chi connectivity index (χ3v) is 5.57. The van der Waals surface area contributed by atoms with Gasteiger partial charge >= 0.3 is 5.97 Å². The fourth-order valence-electron chi connectivity index (χ4n) is 3.96. The van der Waals surface area contributed by atoms with E-state index in [0.29, 0.717) is 6.54 Å². The molecule has 6 heteroatoms. The molecule has 166 valence electrons. The zero-order valence-electron chi connectivity index (χ0n) is 18.2. The van der Waals surface area contributed by atoms with Crippen molar-refractivity contribution < 1.29 is 19.2 Å². The number of carbonyl (C=O) groups is 2. The minimum absolute atomic E-state index is 0.0746. The Morgan fingerprint density at radius 1 is 0.939 bits per heavy atom. The van der Waals surface area contributed by atoms with Crippen molar-refractivity contribution in [2.75, 3.05) is 20.3 Å². The van der Waals surface area contributed by atoms with E-state index in [1.807, 2.05) is 54.6 Å². The summed E-state index contributed by atoms with van der Waals surface area (Å²) in [5, 5.41) is 4.89. The predicted molar refractivity (Wildman–Crippen MR) is 124 cm³/mol. The number of rotatable bonds is 7. The standard InChI is InChI=1S/C27H24N2O4/c1-32-25(30)18-11-19-33-29-20-24(26(29)31)28-27(21-12-5-2-6-13-21,22-14-7-3-8-15-22)23-16-9-4-10-17-23/h2-10,12-17,24,28H,19-20H2,1H3/t24-/m0/s1. The predicted octanol–water partition coefficient (Wildman–Crippen LogP) is 2.89. The Labute approximate surface area is 193 Å². The van der Waals surface area contributed by atoms with E-state index in [4.69, 9.17) is 4.84 Å². The van der Waals surface area contributed by atoms with Gasteiger partial charge in [0.1, 0.15) is 12.6 Å². The highest BCUT2D eigenvalue weighted by Gasteiger charge is 2.46. The van der Waals surface area contributed by atoms with Crippen molar-refractivity contribution >= 4 is 11.9 Å². The van der Waals surface area contributed by atoms with E-state index in [-0.39, 0.29) is 12.5 Å². The van der Waals surface area contributed by atoms with E-state index in [0.717, 1.165) is 16.7 Å². The molecule has 1 aliphatic heterocycles. The van der Waals surface area contributed by atoms with Crippen molar-refractivity contribution in [2.45, 2.75) is 11.6 Å². The first-order valence-electron chi connectivity index (χ1n) is 10.6. The maximum Gasteiger partial charge on any atom is 0.384 e. The highest BCUT2D eigenvalue weighted by Crippen LogP contribution is 2.38. The number of nitrogens with one attached hydrogen (secondary N) is 1. The average Bonchev–Trinajstić information content (AvgIpc) is 2.88. The van der Waals surface area contributed by atoms with Gasteiger partial charge in [0.05, 0.1) is 19.2 Å². The largest absolute Gasteiger partial charge is 0.459 e. The Bertz CT molecular complexity index is 1060. The molecule has 1 atom stereocenters. The van der Waals surface area contributed by atoms with Crippen LogP contribution in [-0.2, 0) is 24.7 Å². The van der Waals surface area contributed by atoms with Gasteiger partial charge in [-0.1, -0.05) is 96.9 Å².